The molecule has 0 heterocycles. The van der Waals surface area contributed by atoms with E-state index in [0.717, 1.165) is 0 Å². The molecule has 15 heavy (non-hydrogen) atoms. The van der Waals surface area contributed by atoms with Crippen LogP contribution in [0, 0.1) is 5.92 Å². The average Bonchev–Trinajstić information content (AvgIpc) is 2.17. The Kier molecular flexibility index (Phi) is 4.76. The minimum atomic E-state index is 0.615. The van der Waals surface area contributed by atoms with E-state index >= 15 is 0 Å². The predicted octanol–water partition coefficient (Wildman–Crippen LogP) is 4.01. The number of anilines is 1. The quantitative estimate of drug-likeness (QED) is 0.707. The molecular weight excluding hydrogens is 202 g/mol. The van der Waals surface area contributed by atoms with E-state index in [1.165, 1.54) is 10.6 Å². The minimum absolute atomic E-state index is 0.615. The lowest BCUT2D eigenvalue weighted by Crippen LogP contribution is -2.09. The van der Waals surface area contributed by atoms with Gasteiger partial charge in [-0.25, -0.2) is 0 Å². The van der Waals surface area contributed by atoms with Gasteiger partial charge in [0.05, 0.1) is 5.69 Å². The third-order valence-electron chi connectivity index (χ3n) is 2.01. The first-order valence-corrected chi connectivity index (χ1v) is 6.09. The van der Waals surface area contributed by atoms with Gasteiger partial charge >= 0.3 is 0 Å². The van der Waals surface area contributed by atoms with Gasteiger partial charge in [0.2, 0.25) is 0 Å². The predicted molar refractivity (Wildman–Crippen MR) is 70.6 cm³/mol. The maximum Gasteiger partial charge on any atom is 0.0502 e. The van der Waals surface area contributed by atoms with Crippen LogP contribution in [-0.2, 0) is 0 Å². The smallest absolute Gasteiger partial charge is 0.0502 e. The number of hydrogen-bond donors (Lipinski definition) is 0. The van der Waals surface area contributed by atoms with Gasteiger partial charge in [0.25, 0.3) is 0 Å². The van der Waals surface area contributed by atoms with Crippen molar-refractivity contribution < 1.29 is 0 Å². The zero-order valence-corrected chi connectivity index (χ0v) is 10.7. The highest BCUT2D eigenvalue weighted by Crippen LogP contribution is 2.29. The lowest BCUT2D eigenvalue weighted by molar-refractivity contribution is 0.834. The topological polar surface area (TPSA) is 3.24 Å². The molecule has 0 N–H and O–H groups in total. The fourth-order valence-corrected chi connectivity index (χ4v) is 2.26. The van der Waals surface area contributed by atoms with Crippen LogP contribution in [0.15, 0.2) is 40.6 Å². The Labute approximate surface area is 97.2 Å². The average molecular weight is 221 g/mol. The van der Waals surface area contributed by atoms with Crippen molar-refractivity contribution in [1.29, 1.82) is 0 Å². The third-order valence-corrected chi connectivity index (χ3v) is 2.90. The molecule has 2 heteroatoms. The lowest BCUT2D eigenvalue weighted by Gasteiger charge is -2.15. The number of thioether (sulfide) groups is 1. The van der Waals surface area contributed by atoms with E-state index in [0.29, 0.717) is 5.92 Å². The summed E-state index contributed by atoms with van der Waals surface area (Å²) in [6.45, 7) is 4.38. The van der Waals surface area contributed by atoms with Gasteiger partial charge in [-0.15, -0.1) is 0 Å². The third kappa shape index (κ3) is 4.00. The van der Waals surface area contributed by atoms with Gasteiger partial charge < -0.3 is 4.90 Å². The summed E-state index contributed by atoms with van der Waals surface area (Å²) in [6.07, 6.45) is 2.22. The molecule has 1 rings (SSSR count). The Morgan fingerprint density at radius 3 is 2.47 bits per heavy atom. The summed E-state index contributed by atoms with van der Waals surface area (Å²) < 4.78 is 0. The number of para-hydroxylation sites is 1. The molecular formula is C13H19NS. The molecule has 0 saturated heterocycles. The molecule has 0 radical (unpaired) electrons. The van der Waals surface area contributed by atoms with Crippen molar-refractivity contribution in [2.24, 2.45) is 5.92 Å². The van der Waals surface area contributed by atoms with Crippen LogP contribution in [0.2, 0.25) is 0 Å². The highest BCUT2D eigenvalue weighted by molar-refractivity contribution is 8.02. The first-order chi connectivity index (χ1) is 7.11. The molecule has 0 aliphatic rings. The van der Waals surface area contributed by atoms with Gasteiger partial charge in [0.15, 0.2) is 0 Å². The van der Waals surface area contributed by atoms with Crippen molar-refractivity contribution in [3.63, 3.8) is 0 Å². The second kappa shape index (κ2) is 5.86. The first-order valence-electron chi connectivity index (χ1n) is 5.21. The number of nitrogens with zero attached hydrogens (tertiary/aromatic N) is 1. The van der Waals surface area contributed by atoms with E-state index < -0.39 is 0 Å². The van der Waals surface area contributed by atoms with Crippen molar-refractivity contribution in [3.05, 3.63) is 35.7 Å². The second-order valence-electron chi connectivity index (χ2n) is 4.05. The molecule has 1 nitrogen and oxygen atoms in total. The first kappa shape index (κ1) is 12.2. The summed E-state index contributed by atoms with van der Waals surface area (Å²) in [5.74, 6) is 0.615. The molecule has 0 bridgehead atoms. The van der Waals surface area contributed by atoms with Crippen molar-refractivity contribution in [3.8, 4) is 0 Å². The van der Waals surface area contributed by atoms with E-state index in [9.17, 15) is 0 Å². The van der Waals surface area contributed by atoms with Crippen molar-refractivity contribution in [2.75, 3.05) is 19.0 Å². The number of benzene rings is 1. The van der Waals surface area contributed by atoms with Crippen molar-refractivity contribution in [1.82, 2.24) is 0 Å². The minimum Gasteiger partial charge on any atom is -0.377 e. The maximum absolute atomic E-state index is 2.22. The molecule has 1 aromatic rings. The van der Waals surface area contributed by atoms with E-state index in [1.54, 1.807) is 11.8 Å². The Morgan fingerprint density at radius 1 is 1.20 bits per heavy atom. The Hall–Kier alpha value is -0.890. The van der Waals surface area contributed by atoms with Crippen LogP contribution >= 0.6 is 11.8 Å². The summed E-state index contributed by atoms with van der Waals surface area (Å²) in [7, 11) is 4.15. The van der Waals surface area contributed by atoms with Crippen LogP contribution in [-0.4, -0.2) is 14.1 Å². The van der Waals surface area contributed by atoms with Gasteiger partial charge in [-0.05, 0) is 23.5 Å². The van der Waals surface area contributed by atoms with Crippen molar-refractivity contribution in [2.45, 2.75) is 18.7 Å². The number of hydrogen-bond acceptors (Lipinski definition) is 2. The van der Waals surface area contributed by atoms with Crippen LogP contribution in [0.4, 0.5) is 5.69 Å². The normalized spacial score (nSPS) is 11.3. The molecule has 82 valence electrons. The molecule has 0 aromatic heterocycles. The summed E-state index contributed by atoms with van der Waals surface area (Å²) in [5.41, 5.74) is 1.27. The monoisotopic (exact) mass is 221 g/mol. The summed E-state index contributed by atoms with van der Waals surface area (Å²) in [6, 6.07) is 8.46. The SMILES string of the molecule is CC(C)/C=C/Sc1ccccc1N(C)C. The van der Waals surface area contributed by atoms with Crippen LogP contribution in [0.25, 0.3) is 0 Å². The van der Waals surface area contributed by atoms with E-state index in [1.807, 2.05) is 0 Å². The zero-order valence-electron chi connectivity index (χ0n) is 9.90. The van der Waals surface area contributed by atoms with Crippen LogP contribution in [0.1, 0.15) is 13.8 Å². The molecule has 0 amide bonds. The van der Waals surface area contributed by atoms with Gasteiger partial charge in [-0.2, -0.15) is 0 Å². The highest BCUT2D eigenvalue weighted by Gasteiger charge is 2.01. The highest BCUT2D eigenvalue weighted by atomic mass is 32.2. The standard InChI is InChI=1S/C13H19NS/c1-11(2)9-10-15-13-8-6-5-7-12(13)14(3)4/h5-11H,1-4H3/b10-9+. The summed E-state index contributed by atoms with van der Waals surface area (Å²) in [4.78, 5) is 3.45. The molecule has 0 atom stereocenters. The maximum atomic E-state index is 2.22. The Bertz CT molecular complexity index is 329. The molecule has 1 aromatic carbocycles. The molecule has 0 unspecified atom stereocenters. The lowest BCUT2D eigenvalue weighted by atomic mass is 10.2. The summed E-state index contributed by atoms with van der Waals surface area (Å²) >= 11 is 1.78. The van der Waals surface area contributed by atoms with Gasteiger partial charge in [0, 0.05) is 19.0 Å². The van der Waals surface area contributed by atoms with Crippen LogP contribution < -0.4 is 4.90 Å². The molecule has 0 aliphatic carbocycles. The fraction of sp³-hybridized carbons (Fsp3) is 0.385. The molecule has 0 aliphatic heterocycles. The van der Waals surface area contributed by atoms with E-state index in [4.69, 9.17) is 0 Å². The van der Waals surface area contributed by atoms with Gasteiger partial charge in [-0.1, -0.05) is 43.8 Å². The largest absolute Gasteiger partial charge is 0.377 e. The number of rotatable bonds is 4. The van der Waals surface area contributed by atoms with Crippen LogP contribution in [0.5, 0.6) is 0 Å². The second-order valence-corrected chi connectivity index (χ2v) is 5.00. The molecule has 0 saturated carbocycles. The Balaban J connectivity index is 2.76. The van der Waals surface area contributed by atoms with Gasteiger partial charge in [0.1, 0.15) is 0 Å². The van der Waals surface area contributed by atoms with Crippen LogP contribution in [0.3, 0.4) is 0 Å². The van der Waals surface area contributed by atoms with Crippen molar-refractivity contribution >= 4 is 17.4 Å². The summed E-state index contributed by atoms with van der Waals surface area (Å²) in [5, 5.41) is 2.17. The van der Waals surface area contributed by atoms with E-state index in [-0.39, 0.29) is 0 Å². The Morgan fingerprint density at radius 2 is 1.87 bits per heavy atom. The van der Waals surface area contributed by atoms with E-state index in [2.05, 4.69) is 68.6 Å². The van der Waals surface area contributed by atoms with Gasteiger partial charge in [-0.3, -0.25) is 0 Å². The molecule has 0 spiro atoms. The molecule has 0 fully saturated rings. The zero-order chi connectivity index (χ0) is 11.3. The number of allylic oxidation sites excluding steroid dienone is 1. The fourth-order valence-electron chi connectivity index (χ4n) is 1.20.